The van der Waals surface area contributed by atoms with Crippen LogP contribution in [0.2, 0.25) is 0 Å². The largest absolute Gasteiger partial charge is 0.493 e. The van der Waals surface area contributed by atoms with Crippen LogP contribution in [0.5, 0.6) is 5.75 Å². The molecular formula is C25H27N3O4S. The van der Waals surface area contributed by atoms with Gasteiger partial charge in [0.2, 0.25) is 0 Å². The first-order chi connectivity index (χ1) is 16.1. The van der Waals surface area contributed by atoms with Crippen LogP contribution in [-0.4, -0.2) is 23.5 Å². The molecule has 0 aliphatic carbocycles. The lowest BCUT2D eigenvalue weighted by Crippen LogP contribution is -2.34. The zero-order chi connectivity index (χ0) is 23.5. The molecule has 2 amide bonds. The predicted octanol–water partition coefficient (Wildman–Crippen LogP) is 5.62. The summed E-state index contributed by atoms with van der Waals surface area (Å²) in [5.41, 5.74) is 1.58. The van der Waals surface area contributed by atoms with Gasteiger partial charge in [0.15, 0.2) is 10.9 Å². The van der Waals surface area contributed by atoms with Crippen molar-refractivity contribution in [3.8, 4) is 5.75 Å². The third-order valence-electron chi connectivity index (χ3n) is 4.74. The first kappa shape index (κ1) is 24.0. The van der Waals surface area contributed by atoms with Crippen molar-refractivity contribution in [1.29, 1.82) is 0 Å². The monoisotopic (exact) mass is 465 g/mol. The minimum Gasteiger partial charge on any atom is -0.493 e. The van der Waals surface area contributed by atoms with Gasteiger partial charge in [-0.25, -0.2) is 0 Å². The molecule has 8 heteroatoms. The first-order valence-corrected chi connectivity index (χ1v) is 11.3. The highest BCUT2D eigenvalue weighted by Crippen LogP contribution is 2.19. The van der Waals surface area contributed by atoms with Crippen LogP contribution in [0.25, 0.3) is 0 Å². The molecule has 3 rings (SSSR count). The van der Waals surface area contributed by atoms with Crippen molar-refractivity contribution >= 4 is 40.5 Å². The standard InChI is InChI=1S/C25H27N3O4S/c1-2-3-4-7-15-31-21-13-6-5-12-20(21)23(29)28-25(33)27-19-11-8-10-18(17-19)26-24(30)22-14-9-16-32-22/h5-6,8-14,16-17H,2-4,7,15H2,1H3,(H,26,30)(H2,27,28,29,33). The Bertz CT molecular complexity index is 1080. The Kier molecular flexibility index (Phi) is 9.02. The summed E-state index contributed by atoms with van der Waals surface area (Å²) < 4.78 is 10.9. The molecule has 0 atom stereocenters. The van der Waals surface area contributed by atoms with E-state index >= 15 is 0 Å². The van der Waals surface area contributed by atoms with Gasteiger partial charge in [0.1, 0.15) is 5.75 Å². The van der Waals surface area contributed by atoms with Gasteiger partial charge in [0, 0.05) is 11.4 Å². The Morgan fingerprint density at radius 3 is 2.45 bits per heavy atom. The fraction of sp³-hybridized carbons (Fsp3) is 0.240. The Labute approximate surface area is 198 Å². The van der Waals surface area contributed by atoms with Crippen molar-refractivity contribution in [3.05, 3.63) is 78.3 Å². The van der Waals surface area contributed by atoms with Crippen LogP contribution in [0.3, 0.4) is 0 Å². The third-order valence-corrected chi connectivity index (χ3v) is 4.94. The van der Waals surface area contributed by atoms with Crippen LogP contribution in [-0.2, 0) is 0 Å². The Morgan fingerprint density at radius 1 is 0.909 bits per heavy atom. The summed E-state index contributed by atoms with van der Waals surface area (Å²) in [6.45, 7) is 2.72. The van der Waals surface area contributed by atoms with E-state index in [9.17, 15) is 9.59 Å². The number of para-hydroxylation sites is 1. The van der Waals surface area contributed by atoms with Gasteiger partial charge in [-0.15, -0.1) is 0 Å². The average molecular weight is 466 g/mol. The van der Waals surface area contributed by atoms with Gasteiger partial charge in [0.05, 0.1) is 18.4 Å². The molecule has 0 radical (unpaired) electrons. The van der Waals surface area contributed by atoms with Crippen LogP contribution in [0.1, 0.15) is 53.5 Å². The summed E-state index contributed by atoms with van der Waals surface area (Å²) in [5.74, 6) is 0.0117. The van der Waals surface area contributed by atoms with Crippen molar-refractivity contribution in [1.82, 2.24) is 5.32 Å². The third kappa shape index (κ3) is 7.47. The van der Waals surface area contributed by atoms with Crippen molar-refractivity contribution in [3.63, 3.8) is 0 Å². The molecule has 1 heterocycles. The number of ether oxygens (including phenoxy) is 1. The summed E-state index contributed by atoms with van der Waals surface area (Å²) in [6, 6.07) is 17.3. The number of thiocarbonyl (C=S) groups is 1. The topological polar surface area (TPSA) is 92.6 Å². The molecule has 0 saturated heterocycles. The van der Waals surface area contributed by atoms with Crippen molar-refractivity contribution in [2.45, 2.75) is 32.6 Å². The quantitative estimate of drug-likeness (QED) is 0.266. The van der Waals surface area contributed by atoms with E-state index in [2.05, 4.69) is 22.9 Å². The number of amides is 2. The van der Waals surface area contributed by atoms with Gasteiger partial charge in [-0.3, -0.25) is 14.9 Å². The normalized spacial score (nSPS) is 10.3. The maximum absolute atomic E-state index is 12.8. The van der Waals surface area contributed by atoms with E-state index in [0.29, 0.717) is 29.3 Å². The number of rotatable bonds is 10. The molecule has 7 nitrogen and oxygen atoms in total. The van der Waals surface area contributed by atoms with Gasteiger partial charge in [-0.1, -0.05) is 44.4 Å². The zero-order valence-corrected chi connectivity index (χ0v) is 19.2. The molecule has 0 unspecified atom stereocenters. The molecule has 0 fully saturated rings. The van der Waals surface area contributed by atoms with E-state index in [-0.39, 0.29) is 22.7 Å². The Morgan fingerprint density at radius 2 is 1.70 bits per heavy atom. The summed E-state index contributed by atoms with van der Waals surface area (Å²) in [5, 5.41) is 8.51. The molecule has 172 valence electrons. The maximum Gasteiger partial charge on any atom is 0.291 e. The second-order valence-electron chi connectivity index (χ2n) is 7.33. The minimum atomic E-state index is -0.362. The van der Waals surface area contributed by atoms with Crippen LogP contribution in [0, 0.1) is 0 Å². The van der Waals surface area contributed by atoms with Crippen molar-refractivity contribution in [2.24, 2.45) is 0 Å². The Balaban J connectivity index is 1.55. The van der Waals surface area contributed by atoms with Crippen molar-refractivity contribution in [2.75, 3.05) is 17.2 Å². The van der Waals surface area contributed by atoms with Gasteiger partial charge in [-0.2, -0.15) is 0 Å². The molecule has 1 aromatic heterocycles. The molecule has 0 saturated carbocycles. The van der Waals surface area contributed by atoms with E-state index < -0.39 is 0 Å². The number of unbranched alkanes of at least 4 members (excludes halogenated alkanes) is 3. The zero-order valence-electron chi connectivity index (χ0n) is 18.4. The number of benzene rings is 2. The molecule has 3 aromatic rings. The van der Waals surface area contributed by atoms with Crippen LogP contribution >= 0.6 is 12.2 Å². The molecule has 0 aliphatic heterocycles. The number of furan rings is 1. The van der Waals surface area contributed by atoms with E-state index in [4.69, 9.17) is 21.4 Å². The minimum absolute atomic E-state index is 0.132. The number of anilines is 2. The molecular weight excluding hydrogens is 438 g/mol. The second kappa shape index (κ2) is 12.4. The lowest BCUT2D eigenvalue weighted by atomic mass is 10.2. The highest BCUT2D eigenvalue weighted by atomic mass is 32.1. The van der Waals surface area contributed by atoms with Gasteiger partial charge in [-0.05, 0) is 61.1 Å². The van der Waals surface area contributed by atoms with E-state index in [0.717, 1.165) is 19.3 Å². The maximum atomic E-state index is 12.8. The summed E-state index contributed by atoms with van der Waals surface area (Å²) in [6.07, 6.45) is 5.79. The van der Waals surface area contributed by atoms with Gasteiger partial charge >= 0.3 is 0 Å². The molecule has 2 aromatic carbocycles. The summed E-state index contributed by atoms with van der Waals surface area (Å²) in [4.78, 5) is 24.9. The molecule has 0 bridgehead atoms. The molecule has 0 spiro atoms. The smallest absolute Gasteiger partial charge is 0.291 e. The molecule has 33 heavy (non-hydrogen) atoms. The van der Waals surface area contributed by atoms with Crippen LogP contribution in [0.15, 0.2) is 71.3 Å². The Hall–Kier alpha value is -3.65. The fourth-order valence-corrected chi connectivity index (χ4v) is 3.31. The summed E-state index contributed by atoms with van der Waals surface area (Å²) >= 11 is 5.30. The van der Waals surface area contributed by atoms with Gasteiger partial charge < -0.3 is 19.8 Å². The summed E-state index contributed by atoms with van der Waals surface area (Å²) in [7, 11) is 0. The highest BCUT2D eigenvalue weighted by Gasteiger charge is 2.14. The van der Waals surface area contributed by atoms with Crippen LogP contribution in [0.4, 0.5) is 11.4 Å². The van der Waals surface area contributed by atoms with E-state index in [1.54, 1.807) is 54.6 Å². The number of nitrogens with one attached hydrogen (secondary N) is 3. The highest BCUT2D eigenvalue weighted by molar-refractivity contribution is 7.80. The number of hydrogen-bond acceptors (Lipinski definition) is 5. The number of carbonyl (C=O) groups excluding carboxylic acids is 2. The SMILES string of the molecule is CCCCCCOc1ccccc1C(=O)NC(=S)Nc1cccc(NC(=O)c2ccco2)c1. The fourth-order valence-electron chi connectivity index (χ4n) is 3.10. The molecule has 0 aliphatic rings. The molecule has 3 N–H and O–H groups in total. The van der Waals surface area contributed by atoms with Crippen molar-refractivity contribution < 1.29 is 18.7 Å². The number of hydrogen-bond donors (Lipinski definition) is 3. The van der Waals surface area contributed by atoms with Gasteiger partial charge in [0.25, 0.3) is 11.8 Å². The predicted molar refractivity (Wildman–Crippen MR) is 133 cm³/mol. The van der Waals surface area contributed by atoms with E-state index in [1.165, 1.54) is 12.7 Å². The lowest BCUT2D eigenvalue weighted by Gasteiger charge is -2.13. The lowest BCUT2D eigenvalue weighted by molar-refractivity contribution is 0.0971. The van der Waals surface area contributed by atoms with Crippen LogP contribution < -0.4 is 20.7 Å². The second-order valence-corrected chi connectivity index (χ2v) is 7.73. The first-order valence-electron chi connectivity index (χ1n) is 10.9. The van der Waals surface area contributed by atoms with E-state index in [1.807, 2.05) is 6.07 Å². The average Bonchev–Trinajstić information content (AvgIpc) is 3.34. The number of carbonyl (C=O) groups is 2.